The minimum absolute atomic E-state index is 0.867. The molecule has 0 saturated heterocycles. The topological polar surface area (TPSA) is 24.9 Å². The van der Waals surface area contributed by atoms with Crippen molar-refractivity contribution >= 4 is 28.5 Å². The monoisotopic (exact) mass is 356 g/mol. The third-order valence-electron chi connectivity index (χ3n) is 4.25. The van der Waals surface area contributed by atoms with E-state index in [1.54, 1.807) is 11.9 Å². The zero-order valence-corrected chi connectivity index (χ0v) is 15.7. The second-order valence-corrected chi connectivity index (χ2v) is 7.35. The van der Waals surface area contributed by atoms with Gasteiger partial charge in [-0.2, -0.15) is 0 Å². The Labute approximate surface area is 158 Å². The van der Waals surface area contributed by atoms with Crippen LogP contribution in [0.3, 0.4) is 0 Å². The summed E-state index contributed by atoms with van der Waals surface area (Å²) in [5, 5.41) is 2.36. The van der Waals surface area contributed by atoms with E-state index in [2.05, 4.69) is 79.2 Å². The Morgan fingerprint density at radius 3 is 2.23 bits per heavy atom. The first-order valence-electron chi connectivity index (χ1n) is 8.65. The Morgan fingerprint density at radius 2 is 1.46 bits per heavy atom. The molecule has 0 aliphatic heterocycles. The number of fused-ring (bicyclic) bond motifs is 1. The summed E-state index contributed by atoms with van der Waals surface area (Å²) in [6.07, 6.45) is 0. The van der Waals surface area contributed by atoms with Crippen molar-refractivity contribution in [2.75, 3.05) is 4.72 Å². The highest BCUT2D eigenvalue weighted by molar-refractivity contribution is 8.00. The van der Waals surface area contributed by atoms with Crippen LogP contribution in [0.15, 0.2) is 83.8 Å². The van der Waals surface area contributed by atoms with Gasteiger partial charge in [-0.05, 0) is 61.5 Å². The number of nitrogens with one attached hydrogen (secondary N) is 1. The van der Waals surface area contributed by atoms with Crippen molar-refractivity contribution in [1.29, 1.82) is 0 Å². The van der Waals surface area contributed by atoms with E-state index >= 15 is 0 Å². The number of pyridine rings is 1. The Kier molecular flexibility index (Phi) is 4.63. The maximum Gasteiger partial charge on any atom is 0.137 e. The molecule has 0 aliphatic rings. The first kappa shape index (κ1) is 16.7. The third-order valence-corrected chi connectivity index (χ3v) is 5.07. The Bertz CT molecular complexity index is 1040. The van der Waals surface area contributed by atoms with Crippen LogP contribution in [-0.2, 0) is 0 Å². The quantitative estimate of drug-likeness (QED) is 0.415. The van der Waals surface area contributed by atoms with E-state index in [-0.39, 0.29) is 0 Å². The lowest BCUT2D eigenvalue weighted by atomic mass is 10.0. The molecule has 4 aromatic rings. The third kappa shape index (κ3) is 3.58. The molecule has 1 aromatic heterocycles. The molecule has 4 rings (SSSR count). The second-order valence-electron chi connectivity index (χ2n) is 6.47. The van der Waals surface area contributed by atoms with E-state index in [1.807, 2.05) is 18.2 Å². The maximum atomic E-state index is 4.94. The Balaban J connectivity index is 1.78. The summed E-state index contributed by atoms with van der Waals surface area (Å²) in [6, 6.07) is 27.4. The summed E-state index contributed by atoms with van der Waals surface area (Å²) < 4.78 is 3.40. The minimum atomic E-state index is 0.867. The van der Waals surface area contributed by atoms with E-state index in [4.69, 9.17) is 4.98 Å². The number of hydrogen-bond donors (Lipinski definition) is 1. The van der Waals surface area contributed by atoms with Crippen LogP contribution in [0.2, 0.25) is 0 Å². The van der Waals surface area contributed by atoms with Crippen molar-refractivity contribution in [3.63, 3.8) is 0 Å². The van der Waals surface area contributed by atoms with E-state index in [0.29, 0.717) is 0 Å². The van der Waals surface area contributed by atoms with Gasteiger partial charge in [0.15, 0.2) is 0 Å². The molecule has 2 nitrogen and oxygen atoms in total. The fourth-order valence-corrected chi connectivity index (χ4v) is 3.80. The van der Waals surface area contributed by atoms with Gasteiger partial charge < -0.3 is 4.72 Å². The number of benzene rings is 3. The number of aryl methyl sites for hydroxylation is 2. The molecule has 3 heteroatoms. The number of nitrogens with zero attached hydrogens (tertiary/aromatic N) is 1. The summed E-state index contributed by atoms with van der Waals surface area (Å²) in [4.78, 5) is 6.10. The highest BCUT2D eigenvalue weighted by Gasteiger charge is 2.09. The van der Waals surface area contributed by atoms with Crippen LogP contribution in [0.1, 0.15) is 11.1 Å². The lowest BCUT2D eigenvalue weighted by Crippen LogP contribution is -1.95. The molecule has 0 aliphatic carbocycles. The average molecular weight is 356 g/mol. The lowest BCUT2D eigenvalue weighted by Gasteiger charge is -2.12. The molecule has 26 heavy (non-hydrogen) atoms. The van der Waals surface area contributed by atoms with E-state index in [1.165, 1.54) is 21.9 Å². The van der Waals surface area contributed by atoms with E-state index < -0.39 is 0 Å². The summed E-state index contributed by atoms with van der Waals surface area (Å²) in [6.45, 7) is 4.26. The van der Waals surface area contributed by atoms with Gasteiger partial charge in [0.2, 0.25) is 0 Å². The molecule has 1 heterocycles. The number of anilines is 1. The maximum absolute atomic E-state index is 4.94. The van der Waals surface area contributed by atoms with Crippen molar-refractivity contribution < 1.29 is 0 Å². The smallest absolute Gasteiger partial charge is 0.137 e. The van der Waals surface area contributed by atoms with Gasteiger partial charge in [-0.3, -0.25) is 0 Å². The van der Waals surface area contributed by atoms with E-state index in [9.17, 15) is 0 Å². The number of rotatable bonds is 4. The van der Waals surface area contributed by atoms with Crippen molar-refractivity contribution in [2.24, 2.45) is 0 Å². The van der Waals surface area contributed by atoms with Gasteiger partial charge in [0, 0.05) is 15.8 Å². The molecule has 0 spiro atoms. The van der Waals surface area contributed by atoms with Gasteiger partial charge in [-0.15, -0.1) is 0 Å². The molecule has 0 amide bonds. The minimum Gasteiger partial charge on any atom is -0.310 e. The first-order valence-corrected chi connectivity index (χ1v) is 9.47. The van der Waals surface area contributed by atoms with Crippen LogP contribution >= 0.6 is 11.9 Å². The van der Waals surface area contributed by atoms with Crippen molar-refractivity contribution in [3.05, 3.63) is 90.0 Å². The van der Waals surface area contributed by atoms with Crippen LogP contribution in [0.5, 0.6) is 0 Å². The van der Waals surface area contributed by atoms with E-state index in [0.717, 1.165) is 22.0 Å². The van der Waals surface area contributed by atoms with Gasteiger partial charge in [-0.1, -0.05) is 59.7 Å². The fourth-order valence-electron chi connectivity index (χ4n) is 3.18. The van der Waals surface area contributed by atoms with Crippen LogP contribution in [0.4, 0.5) is 5.82 Å². The predicted molar refractivity (Wildman–Crippen MR) is 113 cm³/mol. The fraction of sp³-hybridized carbons (Fsp3) is 0.0870. The molecule has 128 valence electrons. The molecule has 0 bridgehead atoms. The first-order chi connectivity index (χ1) is 12.7. The summed E-state index contributed by atoms with van der Waals surface area (Å²) in [5.41, 5.74) is 4.68. The summed E-state index contributed by atoms with van der Waals surface area (Å²) >= 11 is 1.58. The molecule has 0 saturated carbocycles. The molecule has 0 atom stereocenters. The standard InChI is InChI=1S/C23H20N2S/c1-16-12-17(2)14-19(13-16)23-21-11-7-6-8-18(21)15-22(24-23)25-26-20-9-4-3-5-10-20/h3-15H,1-2H3,(H,24,25). The van der Waals surface area contributed by atoms with Gasteiger partial charge in [0.1, 0.15) is 5.82 Å². The Hall–Kier alpha value is -2.78. The lowest BCUT2D eigenvalue weighted by molar-refractivity contribution is 1.33. The molecular weight excluding hydrogens is 336 g/mol. The number of aromatic nitrogens is 1. The SMILES string of the molecule is Cc1cc(C)cc(-c2nc(NSc3ccccc3)cc3ccccc23)c1. The van der Waals surface area contributed by atoms with Crippen molar-refractivity contribution in [2.45, 2.75) is 18.7 Å². The summed E-state index contributed by atoms with van der Waals surface area (Å²) in [5.74, 6) is 0.867. The van der Waals surface area contributed by atoms with Crippen molar-refractivity contribution in [1.82, 2.24) is 4.98 Å². The van der Waals surface area contributed by atoms with Crippen molar-refractivity contribution in [3.8, 4) is 11.3 Å². The van der Waals surface area contributed by atoms with Gasteiger partial charge >= 0.3 is 0 Å². The number of hydrogen-bond acceptors (Lipinski definition) is 3. The molecule has 0 fully saturated rings. The zero-order valence-electron chi connectivity index (χ0n) is 14.9. The average Bonchev–Trinajstić information content (AvgIpc) is 2.66. The molecule has 0 unspecified atom stereocenters. The second kappa shape index (κ2) is 7.22. The summed E-state index contributed by atoms with van der Waals surface area (Å²) in [7, 11) is 0. The van der Waals surface area contributed by atoms with Crippen LogP contribution in [0, 0.1) is 13.8 Å². The van der Waals surface area contributed by atoms with Gasteiger partial charge in [0.05, 0.1) is 5.69 Å². The molecular formula is C23H20N2S. The zero-order chi connectivity index (χ0) is 17.9. The van der Waals surface area contributed by atoms with Gasteiger partial charge in [-0.25, -0.2) is 4.98 Å². The van der Waals surface area contributed by atoms with Crippen LogP contribution in [-0.4, -0.2) is 4.98 Å². The van der Waals surface area contributed by atoms with Crippen LogP contribution in [0.25, 0.3) is 22.0 Å². The van der Waals surface area contributed by atoms with Crippen LogP contribution < -0.4 is 4.72 Å². The van der Waals surface area contributed by atoms with Gasteiger partial charge in [0.25, 0.3) is 0 Å². The largest absolute Gasteiger partial charge is 0.310 e. The predicted octanol–water partition coefficient (Wildman–Crippen LogP) is 6.64. The highest BCUT2D eigenvalue weighted by atomic mass is 32.2. The Morgan fingerprint density at radius 1 is 0.769 bits per heavy atom. The molecule has 1 N–H and O–H groups in total. The molecule has 0 radical (unpaired) electrons. The highest BCUT2D eigenvalue weighted by Crippen LogP contribution is 2.31. The molecule has 3 aromatic carbocycles. The normalized spacial score (nSPS) is 10.8.